The molecule has 152 valence electrons. The summed E-state index contributed by atoms with van der Waals surface area (Å²) in [5, 5.41) is 1.12. The Balaban J connectivity index is 1.67. The molecule has 0 radical (unpaired) electrons. The summed E-state index contributed by atoms with van der Waals surface area (Å²) in [6.45, 7) is 6.53. The van der Waals surface area contributed by atoms with Crippen molar-refractivity contribution < 1.29 is 9.18 Å². The summed E-state index contributed by atoms with van der Waals surface area (Å²) >= 11 is 0. The average molecular weight is 394 g/mol. The lowest BCUT2D eigenvalue weighted by atomic mass is 9.87. The number of rotatable bonds is 5. The first-order valence-corrected chi connectivity index (χ1v) is 10.4. The highest BCUT2D eigenvalue weighted by Crippen LogP contribution is 2.35. The van der Waals surface area contributed by atoms with E-state index in [1.54, 1.807) is 12.1 Å². The van der Waals surface area contributed by atoms with Gasteiger partial charge in [-0.05, 0) is 35.9 Å². The predicted molar refractivity (Wildman–Crippen MR) is 114 cm³/mol. The topological polar surface area (TPSA) is 28.5 Å². The van der Waals surface area contributed by atoms with Crippen LogP contribution < -0.4 is 0 Å². The Hall–Kier alpha value is -2.66. The number of hydrogen-bond donors (Lipinski definition) is 0. The number of amides is 1. The summed E-state index contributed by atoms with van der Waals surface area (Å²) < 4.78 is 16.1. The maximum absolute atomic E-state index is 14.0. The van der Waals surface area contributed by atoms with Crippen LogP contribution in [-0.2, 0) is 11.8 Å². The third kappa shape index (κ3) is 4.06. The number of fused-ring (bicyclic) bond motifs is 1. The van der Waals surface area contributed by atoms with E-state index in [0.717, 1.165) is 54.8 Å². The van der Waals surface area contributed by atoms with Crippen LogP contribution in [0.2, 0.25) is 0 Å². The first kappa shape index (κ1) is 19.6. The highest BCUT2D eigenvalue weighted by Gasteiger charge is 2.27. The van der Waals surface area contributed by atoms with Crippen LogP contribution in [0.25, 0.3) is 10.9 Å². The van der Waals surface area contributed by atoms with Gasteiger partial charge >= 0.3 is 0 Å². The molecule has 0 N–H and O–H groups in total. The van der Waals surface area contributed by atoms with Crippen molar-refractivity contribution in [3.63, 3.8) is 0 Å². The molecule has 29 heavy (non-hydrogen) atoms. The fourth-order valence-corrected chi connectivity index (χ4v) is 4.40. The van der Waals surface area contributed by atoms with E-state index in [2.05, 4.69) is 34.7 Å². The minimum Gasteiger partial charge on any atom is -0.350 e. The Kier molecular flexibility index (Phi) is 5.67. The lowest BCUT2D eigenvalue weighted by Gasteiger charge is -2.34. The van der Waals surface area contributed by atoms with Crippen LogP contribution in [-0.4, -0.2) is 53.0 Å². The molecule has 0 bridgehead atoms. The molecule has 1 saturated heterocycles. The van der Waals surface area contributed by atoms with Crippen molar-refractivity contribution in [1.82, 2.24) is 14.4 Å². The fraction of sp³-hybridized carbons (Fsp3) is 0.375. The van der Waals surface area contributed by atoms with Crippen LogP contribution >= 0.6 is 0 Å². The molecule has 1 aliphatic rings. The SMILES string of the molecule is CCN1CCN(C(=O)CC(c2cccc(F)c2)c2cn(C)c3ccccc23)CC1. The van der Waals surface area contributed by atoms with Crippen LogP contribution in [0.5, 0.6) is 0 Å². The number of aromatic nitrogens is 1. The fourth-order valence-electron chi connectivity index (χ4n) is 4.40. The molecule has 2 heterocycles. The summed E-state index contributed by atoms with van der Waals surface area (Å²) in [6, 6.07) is 14.9. The van der Waals surface area contributed by atoms with Gasteiger partial charge in [0.15, 0.2) is 0 Å². The number of carbonyl (C=O) groups is 1. The van der Waals surface area contributed by atoms with Crippen LogP contribution in [0.15, 0.2) is 54.7 Å². The van der Waals surface area contributed by atoms with Gasteiger partial charge in [0.1, 0.15) is 5.82 Å². The van der Waals surface area contributed by atoms with Gasteiger partial charge in [0.05, 0.1) is 0 Å². The van der Waals surface area contributed by atoms with Crippen molar-refractivity contribution in [2.75, 3.05) is 32.7 Å². The molecule has 0 spiro atoms. The summed E-state index contributed by atoms with van der Waals surface area (Å²) in [6.07, 6.45) is 2.44. The number of hydrogen-bond acceptors (Lipinski definition) is 2. The molecule has 1 fully saturated rings. The number of benzene rings is 2. The number of aryl methyl sites for hydroxylation is 1. The molecule has 5 heteroatoms. The monoisotopic (exact) mass is 393 g/mol. The molecule has 1 aromatic heterocycles. The van der Waals surface area contributed by atoms with Gasteiger partial charge in [-0.1, -0.05) is 37.3 Å². The van der Waals surface area contributed by atoms with Crippen molar-refractivity contribution >= 4 is 16.8 Å². The zero-order valence-electron chi connectivity index (χ0n) is 17.1. The summed E-state index contributed by atoms with van der Waals surface area (Å²) in [4.78, 5) is 17.5. The molecule has 3 aromatic rings. The molecule has 1 aliphatic heterocycles. The van der Waals surface area contributed by atoms with Gasteiger partial charge < -0.3 is 14.4 Å². The van der Waals surface area contributed by atoms with E-state index in [1.165, 1.54) is 6.07 Å². The van der Waals surface area contributed by atoms with E-state index in [1.807, 2.05) is 30.1 Å². The zero-order valence-corrected chi connectivity index (χ0v) is 17.1. The second-order valence-electron chi connectivity index (χ2n) is 7.84. The molecular weight excluding hydrogens is 365 g/mol. The number of likely N-dealkylation sites (N-methyl/N-ethyl adjacent to an activating group) is 1. The van der Waals surface area contributed by atoms with E-state index in [9.17, 15) is 9.18 Å². The van der Waals surface area contributed by atoms with Gasteiger partial charge in [-0.3, -0.25) is 4.79 Å². The Bertz CT molecular complexity index is 1000. The number of carbonyl (C=O) groups excluding carboxylic acids is 1. The van der Waals surface area contributed by atoms with Crippen LogP contribution in [0.3, 0.4) is 0 Å². The predicted octanol–water partition coefficient (Wildman–Crippen LogP) is 4.00. The Labute approximate surface area is 171 Å². The maximum Gasteiger partial charge on any atom is 0.223 e. The maximum atomic E-state index is 14.0. The summed E-state index contributed by atoms with van der Waals surface area (Å²) in [5.41, 5.74) is 3.05. The third-order valence-corrected chi connectivity index (χ3v) is 6.11. The van der Waals surface area contributed by atoms with Gasteiger partial charge in [0.25, 0.3) is 0 Å². The van der Waals surface area contributed by atoms with E-state index in [-0.39, 0.29) is 17.6 Å². The average Bonchev–Trinajstić information content (AvgIpc) is 3.08. The number of halogens is 1. The third-order valence-electron chi connectivity index (χ3n) is 6.11. The zero-order chi connectivity index (χ0) is 20.4. The van der Waals surface area contributed by atoms with Gasteiger partial charge in [-0.15, -0.1) is 0 Å². The van der Waals surface area contributed by atoms with Crippen molar-refractivity contribution in [1.29, 1.82) is 0 Å². The molecule has 1 unspecified atom stereocenters. The van der Waals surface area contributed by atoms with E-state index in [4.69, 9.17) is 0 Å². The Morgan fingerprint density at radius 3 is 2.55 bits per heavy atom. The molecular formula is C24H28FN3O. The van der Waals surface area contributed by atoms with E-state index < -0.39 is 0 Å². The normalized spacial score (nSPS) is 16.3. The van der Waals surface area contributed by atoms with Crippen molar-refractivity contribution in [2.24, 2.45) is 7.05 Å². The van der Waals surface area contributed by atoms with Crippen molar-refractivity contribution in [2.45, 2.75) is 19.3 Å². The highest BCUT2D eigenvalue weighted by atomic mass is 19.1. The second-order valence-corrected chi connectivity index (χ2v) is 7.84. The molecule has 0 aliphatic carbocycles. The van der Waals surface area contributed by atoms with E-state index >= 15 is 0 Å². The number of para-hydroxylation sites is 1. The molecule has 1 atom stereocenters. The molecule has 4 rings (SSSR count). The molecule has 0 saturated carbocycles. The van der Waals surface area contributed by atoms with Crippen LogP contribution in [0.1, 0.15) is 30.4 Å². The van der Waals surface area contributed by atoms with E-state index in [0.29, 0.717) is 6.42 Å². The minimum atomic E-state index is -0.267. The van der Waals surface area contributed by atoms with Gasteiger partial charge in [0.2, 0.25) is 5.91 Å². The second kappa shape index (κ2) is 8.37. The van der Waals surface area contributed by atoms with Gasteiger partial charge in [0, 0.05) is 62.7 Å². The standard InChI is InChI=1S/C24H28FN3O/c1-3-27-11-13-28(14-12-27)24(29)16-21(18-7-6-8-19(25)15-18)22-17-26(2)23-10-5-4-9-20(22)23/h4-10,15,17,21H,3,11-14,16H2,1-2H3. The summed E-state index contributed by atoms with van der Waals surface area (Å²) in [5.74, 6) is -0.298. The minimum absolute atomic E-state index is 0.142. The first-order valence-electron chi connectivity index (χ1n) is 10.4. The first-order chi connectivity index (χ1) is 14.1. The summed E-state index contributed by atoms with van der Waals surface area (Å²) in [7, 11) is 2.01. The quantitative estimate of drug-likeness (QED) is 0.655. The highest BCUT2D eigenvalue weighted by molar-refractivity contribution is 5.86. The van der Waals surface area contributed by atoms with Crippen LogP contribution in [0, 0.1) is 5.82 Å². The van der Waals surface area contributed by atoms with Gasteiger partial charge in [-0.2, -0.15) is 0 Å². The molecule has 2 aromatic carbocycles. The molecule has 4 nitrogen and oxygen atoms in total. The van der Waals surface area contributed by atoms with Gasteiger partial charge in [-0.25, -0.2) is 4.39 Å². The van der Waals surface area contributed by atoms with Crippen molar-refractivity contribution in [3.05, 3.63) is 71.7 Å². The number of piperazine rings is 1. The smallest absolute Gasteiger partial charge is 0.223 e. The Morgan fingerprint density at radius 1 is 1.07 bits per heavy atom. The molecule has 1 amide bonds. The Morgan fingerprint density at radius 2 is 1.83 bits per heavy atom. The number of nitrogens with zero attached hydrogens (tertiary/aromatic N) is 3. The largest absolute Gasteiger partial charge is 0.350 e. The van der Waals surface area contributed by atoms with Crippen molar-refractivity contribution in [3.8, 4) is 0 Å². The lowest BCUT2D eigenvalue weighted by molar-refractivity contribution is -0.133. The van der Waals surface area contributed by atoms with Crippen LogP contribution in [0.4, 0.5) is 4.39 Å². The lowest BCUT2D eigenvalue weighted by Crippen LogP contribution is -2.48.